The predicted octanol–water partition coefficient (Wildman–Crippen LogP) is 3.27. The number of aliphatic carboxylic acids is 1. The lowest BCUT2D eigenvalue weighted by atomic mass is 9.81. The number of carbonyl (C=O) groups excluding carboxylic acids is 1. The maximum atomic E-state index is 12.6. The lowest BCUT2D eigenvalue weighted by Crippen LogP contribution is -2.44. The van der Waals surface area contributed by atoms with Crippen molar-refractivity contribution in [1.82, 2.24) is 5.32 Å². The van der Waals surface area contributed by atoms with Crippen LogP contribution in [0.5, 0.6) is 5.75 Å². The highest BCUT2D eigenvalue weighted by molar-refractivity contribution is 5.79. The van der Waals surface area contributed by atoms with E-state index in [-0.39, 0.29) is 23.8 Å². The molecule has 0 radical (unpaired) electrons. The van der Waals surface area contributed by atoms with Gasteiger partial charge in [0.05, 0.1) is 13.0 Å². The highest BCUT2D eigenvalue weighted by Gasteiger charge is 2.31. The number of ether oxygens (including phenoxy) is 1. The van der Waals surface area contributed by atoms with E-state index in [2.05, 4.69) is 19.2 Å². The summed E-state index contributed by atoms with van der Waals surface area (Å²) in [6, 6.07) is 7.90. The summed E-state index contributed by atoms with van der Waals surface area (Å²) in [6.07, 6.45) is 3.21. The maximum absolute atomic E-state index is 12.6. The van der Waals surface area contributed by atoms with Crippen LogP contribution in [-0.4, -0.2) is 30.1 Å². The predicted molar refractivity (Wildman–Crippen MR) is 96.6 cm³/mol. The standard InChI is InChI=1S/C20H29NO4/c1-13(2)17(12-16-6-4-5-7-18(16)25-3)21-19(22)14-8-10-15(11-9-14)20(23)24/h4-7,13-15,17H,8-12H2,1-3H3,(H,21,22)(H,23,24). The Labute approximate surface area is 149 Å². The first-order valence-corrected chi connectivity index (χ1v) is 9.07. The van der Waals surface area contributed by atoms with E-state index < -0.39 is 5.97 Å². The van der Waals surface area contributed by atoms with Crippen LogP contribution >= 0.6 is 0 Å². The summed E-state index contributed by atoms with van der Waals surface area (Å²) in [7, 11) is 1.66. The average molecular weight is 347 g/mol. The molecule has 138 valence electrons. The number of carboxylic acids is 1. The van der Waals surface area contributed by atoms with Crippen LogP contribution in [-0.2, 0) is 16.0 Å². The van der Waals surface area contributed by atoms with Crippen molar-refractivity contribution in [1.29, 1.82) is 0 Å². The molecule has 0 saturated heterocycles. The Hall–Kier alpha value is -2.04. The Morgan fingerprint density at radius 1 is 1.16 bits per heavy atom. The van der Waals surface area contributed by atoms with E-state index in [9.17, 15) is 9.59 Å². The summed E-state index contributed by atoms with van der Waals surface area (Å²) in [5.41, 5.74) is 1.08. The summed E-state index contributed by atoms with van der Waals surface area (Å²) in [4.78, 5) is 23.7. The second kappa shape index (κ2) is 8.88. The molecule has 5 nitrogen and oxygen atoms in total. The topological polar surface area (TPSA) is 75.6 Å². The number of hydrogen-bond donors (Lipinski definition) is 2. The molecule has 0 aromatic heterocycles. The van der Waals surface area contributed by atoms with Crippen molar-refractivity contribution in [3.8, 4) is 5.75 Å². The van der Waals surface area contributed by atoms with Crippen molar-refractivity contribution in [3.63, 3.8) is 0 Å². The van der Waals surface area contributed by atoms with Crippen LogP contribution in [0.2, 0.25) is 0 Å². The minimum atomic E-state index is -0.741. The average Bonchev–Trinajstić information content (AvgIpc) is 2.61. The summed E-state index contributed by atoms with van der Waals surface area (Å²) < 4.78 is 5.41. The van der Waals surface area contributed by atoms with Crippen LogP contribution in [0.4, 0.5) is 0 Å². The number of hydrogen-bond acceptors (Lipinski definition) is 3. The van der Waals surface area contributed by atoms with Gasteiger partial charge in [-0.2, -0.15) is 0 Å². The molecule has 0 heterocycles. The zero-order valence-electron chi connectivity index (χ0n) is 15.3. The third kappa shape index (κ3) is 5.21. The zero-order chi connectivity index (χ0) is 18.4. The molecule has 1 fully saturated rings. The molecule has 1 atom stereocenters. The Kier molecular flexibility index (Phi) is 6.85. The van der Waals surface area contributed by atoms with Gasteiger partial charge in [-0.25, -0.2) is 0 Å². The van der Waals surface area contributed by atoms with Crippen molar-refractivity contribution in [2.75, 3.05) is 7.11 Å². The van der Waals surface area contributed by atoms with Gasteiger partial charge in [-0.3, -0.25) is 9.59 Å². The summed E-state index contributed by atoms with van der Waals surface area (Å²) in [5, 5.41) is 12.3. The lowest BCUT2D eigenvalue weighted by Gasteiger charge is -2.29. The molecule has 1 amide bonds. The first kappa shape index (κ1) is 19.3. The van der Waals surface area contributed by atoms with Crippen LogP contribution < -0.4 is 10.1 Å². The quantitative estimate of drug-likeness (QED) is 0.794. The van der Waals surface area contributed by atoms with Crippen molar-refractivity contribution >= 4 is 11.9 Å². The lowest BCUT2D eigenvalue weighted by molar-refractivity contribution is -0.144. The van der Waals surface area contributed by atoms with Crippen LogP contribution in [0.25, 0.3) is 0 Å². The molecule has 1 aliphatic carbocycles. The van der Waals surface area contributed by atoms with Gasteiger partial charge >= 0.3 is 5.97 Å². The molecule has 1 aromatic rings. The van der Waals surface area contributed by atoms with E-state index in [0.29, 0.717) is 31.6 Å². The van der Waals surface area contributed by atoms with Crippen LogP contribution in [0.3, 0.4) is 0 Å². The Balaban J connectivity index is 1.97. The number of amides is 1. The molecular formula is C20H29NO4. The van der Waals surface area contributed by atoms with Gasteiger partial charge < -0.3 is 15.2 Å². The fraction of sp³-hybridized carbons (Fsp3) is 0.600. The molecule has 25 heavy (non-hydrogen) atoms. The van der Waals surface area contributed by atoms with Gasteiger partial charge in [-0.15, -0.1) is 0 Å². The van der Waals surface area contributed by atoms with Gasteiger partial charge in [-0.1, -0.05) is 32.0 Å². The van der Waals surface area contributed by atoms with Gasteiger partial charge in [0.1, 0.15) is 5.75 Å². The summed E-state index contributed by atoms with van der Waals surface area (Å²) >= 11 is 0. The van der Waals surface area contributed by atoms with Crippen LogP contribution in [0, 0.1) is 17.8 Å². The highest BCUT2D eigenvalue weighted by atomic mass is 16.5. The number of rotatable bonds is 7. The Morgan fingerprint density at radius 3 is 2.32 bits per heavy atom. The number of carbonyl (C=O) groups is 2. The first-order valence-electron chi connectivity index (χ1n) is 9.07. The molecule has 0 spiro atoms. The third-order valence-electron chi connectivity index (χ3n) is 5.21. The van der Waals surface area contributed by atoms with Gasteiger partial charge in [0.15, 0.2) is 0 Å². The van der Waals surface area contributed by atoms with E-state index in [4.69, 9.17) is 9.84 Å². The van der Waals surface area contributed by atoms with Crippen molar-refractivity contribution < 1.29 is 19.4 Å². The Morgan fingerprint density at radius 2 is 1.76 bits per heavy atom. The molecule has 2 N–H and O–H groups in total. The zero-order valence-corrected chi connectivity index (χ0v) is 15.3. The molecule has 0 bridgehead atoms. The molecule has 1 saturated carbocycles. The molecule has 5 heteroatoms. The smallest absolute Gasteiger partial charge is 0.306 e. The van der Waals surface area contributed by atoms with E-state index in [0.717, 1.165) is 17.7 Å². The SMILES string of the molecule is COc1ccccc1CC(NC(=O)C1CCC(C(=O)O)CC1)C(C)C. The summed E-state index contributed by atoms with van der Waals surface area (Å²) in [5.74, 6) is 0.0779. The minimum Gasteiger partial charge on any atom is -0.496 e. The molecule has 2 rings (SSSR count). The monoisotopic (exact) mass is 347 g/mol. The number of benzene rings is 1. The fourth-order valence-corrected chi connectivity index (χ4v) is 3.47. The Bertz CT molecular complexity index is 591. The largest absolute Gasteiger partial charge is 0.496 e. The second-order valence-electron chi connectivity index (χ2n) is 7.26. The number of nitrogens with one attached hydrogen (secondary N) is 1. The van der Waals surface area contributed by atoms with Crippen molar-refractivity contribution in [2.24, 2.45) is 17.8 Å². The molecular weight excluding hydrogens is 318 g/mol. The van der Waals surface area contributed by atoms with E-state index in [1.807, 2.05) is 24.3 Å². The van der Waals surface area contributed by atoms with E-state index in [1.54, 1.807) is 7.11 Å². The normalized spacial score (nSPS) is 21.6. The van der Waals surface area contributed by atoms with Gasteiger partial charge in [0.2, 0.25) is 5.91 Å². The molecule has 0 aliphatic heterocycles. The van der Waals surface area contributed by atoms with Crippen molar-refractivity contribution in [3.05, 3.63) is 29.8 Å². The third-order valence-corrected chi connectivity index (χ3v) is 5.21. The van der Waals surface area contributed by atoms with E-state index >= 15 is 0 Å². The van der Waals surface area contributed by atoms with Gasteiger partial charge in [-0.05, 0) is 49.7 Å². The second-order valence-corrected chi connectivity index (χ2v) is 7.26. The molecule has 1 aromatic carbocycles. The van der Waals surface area contributed by atoms with Gasteiger partial charge in [0, 0.05) is 12.0 Å². The minimum absolute atomic E-state index is 0.0287. The summed E-state index contributed by atoms with van der Waals surface area (Å²) in [6.45, 7) is 4.20. The number of carboxylic acid groups (broad SMARTS) is 1. The number of para-hydroxylation sites is 1. The van der Waals surface area contributed by atoms with Gasteiger partial charge in [0.25, 0.3) is 0 Å². The van der Waals surface area contributed by atoms with Crippen molar-refractivity contribution in [2.45, 2.75) is 52.0 Å². The van der Waals surface area contributed by atoms with Crippen LogP contribution in [0.15, 0.2) is 24.3 Å². The first-order chi connectivity index (χ1) is 11.9. The fourth-order valence-electron chi connectivity index (χ4n) is 3.47. The number of methoxy groups -OCH3 is 1. The maximum Gasteiger partial charge on any atom is 0.306 e. The van der Waals surface area contributed by atoms with Crippen LogP contribution in [0.1, 0.15) is 45.1 Å². The van der Waals surface area contributed by atoms with E-state index in [1.165, 1.54) is 0 Å². The highest BCUT2D eigenvalue weighted by Crippen LogP contribution is 2.29. The molecule has 1 unspecified atom stereocenters. The molecule has 1 aliphatic rings.